The summed E-state index contributed by atoms with van der Waals surface area (Å²) in [6.45, 7) is 5.03. The number of ether oxygens (including phenoxy) is 1. The second kappa shape index (κ2) is 9.39. The lowest BCUT2D eigenvalue weighted by atomic mass is 9.78. The Balaban J connectivity index is 1.54. The van der Waals surface area contributed by atoms with Crippen LogP contribution in [0.25, 0.3) is 0 Å². The Labute approximate surface area is 190 Å². The van der Waals surface area contributed by atoms with E-state index in [9.17, 15) is 18.0 Å². The molecular formula is C23H33N3O5S. The van der Waals surface area contributed by atoms with E-state index in [0.29, 0.717) is 36.4 Å². The number of anilines is 1. The first-order valence-corrected chi connectivity index (χ1v) is 13.1. The summed E-state index contributed by atoms with van der Waals surface area (Å²) in [4.78, 5) is 26.9. The number of hydrogen-bond donors (Lipinski definition) is 1. The number of benzene rings is 1. The van der Waals surface area contributed by atoms with Crippen LogP contribution in [0.2, 0.25) is 0 Å². The number of carbonyl (C=O) groups is 2. The maximum Gasteiger partial charge on any atom is 0.265 e. The van der Waals surface area contributed by atoms with Crippen molar-refractivity contribution in [2.24, 2.45) is 11.8 Å². The molecule has 0 aromatic heterocycles. The van der Waals surface area contributed by atoms with Gasteiger partial charge in [0.1, 0.15) is 12.3 Å². The second-order valence-corrected chi connectivity index (χ2v) is 11.2. The topological polar surface area (TPSA) is 96.0 Å². The Bertz CT molecular complexity index is 974. The maximum absolute atomic E-state index is 13.1. The van der Waals surface area contributed by atoms with Gasteiger partial charge in [-0.2, -0.15) is 4.31 Å². The number of nitrogens with zero attached hydrogens (tertiary/aromatic N) is 2. The van der Waals surface area contributed by atoms with Crippen LogP contribution in [-0.2, 0) is 19.6 Å². The van der Waals surface area contributed by atoms with Crippen molar-refractivity contribution in [2.45, 2.75) is 63.3 Å². The van der Waals surface area contributed by atoms with Crippen LogP contribution in [0.3, 0.4) is 0 Å². The molecule has 2 heterocycles. The molecule has 32 heavy (non-hydrogen) atoms. The van der Waals surface area contributed by atoms with Gasteiger partial charge in [0, 0.05) is 19.1 Å². The van der Waals surface area contributed by atoms with Gasteiger partial charge in [-0.3, -0.25) is 14.5 Å². The molecule has 3 atom stereocenters. The van der Waals surface area contributed by atoms with Gasteiger partial charge in [-0.1, -0.05) is 33.1 Å². The number of carbonyl (C=O) groups excluding carboxylic acids is 2. The van der Waals surface area contributed by atoms with Crippen molar-refractivity contribution in [1.29, 1.82) is 0 Å². The first-order valence-electron chi connectivity index (χ1n) is 11.6. The molecule has 1 saturated carbocycles. The molecule has 2 fully saturated rings. The third kappa shape index (κ3) is 4.64. The highest BCUT2D eigenvalue weighted by Gasteiger charge is 2.33. The molecule has 176 valence electrons. The fraction of sp³-hybridized carbons (Fsp3) is 0.652. The summed E-state index contributed by atoms with van der Waals surface area (Å²) in [5.41, 5.74) is 0.333. The number of hydrogen-bond acceptors (Lipinski definition) is 5. The lowest BCUT2D eigenvalue weighted by Gasteiger charge is -2.35. The SMILES string of the molecule is CC1CCCC(NC(=O)CN2C(=O)COc3ccc(S(=O)(=O)N4CCCCC4)cc32)C1C. The normalized spacial score (nSPS) is 26.9. The van der Waals surface area contributed by atoms with Crippen molar-refractivity contribution >= 4 is 27.5 Å². The summed E-state index contributed by atoms with van der Waals surface area (Å²) in [5.74, 6) is 0.741. The molecule has 1 N–H and O–H groups in total. The lowest BCUT2D eigenvalue weighted by Crippen LogP contribution is -2.50. The van der Waals surface area contributed by atoms with Gasteiger partial charge < -0.3 is 10.1 Å². The molecule has 0 bridgehead atoms. The first-order chi connectivity index (χ1) is 15.3. The van der Waals surface area contributed by atoms with Gasteiger partial charge in [0.15, 0.2) is 6.61 Å². The smallest absolute Gasteiger partial charge is 0.265 e. The third-order valence-electron chi connectivity index (χ3n) is 7.18. The van der Waals surface area contributed by atoms with Crippen molar-refractivity contribution in [2.75, 3.05) is 31.1 Å². The summed E-state index contributed by atoms with van der Waals surface area (Å²) in [6.07, 6.45) is 5.89. The van der Waals surface area contributed by atoms with E-state index in [1.54, 1.807) is 6.07 Å². The molecule has 2 aliphatic heterocycles. The van der Waals surface area contributed by atoms with Crippen molar-refractivity contribution in [3.8, 4) is 5.75 Å². The van der Waals surface area contributed by atoms with Gasteiger partial charge in [-0.15, -0.1) is 0 Å². The highest BCUT2D eigenvalue weighted by atomic mass is 32.2. The predicted molar refractivity (Wildman–Crippen MR) is 121 cm³/mol. The number of rotatable bonds is 5. The molecular weight excluding hydrogens is 430 g/mol. The molecule has 1 saturated heterocycles. The monoisotopic (exact) mass is 463 g/mol. The van der Waals surface area contributed by atoms with Crippen molar-refractivity contribution in [3.63, 3.8) is 0 Å². The Morgan fingerprint density at radius 2 is 1.88 bits per heavy atom. The van der Waals surface area contributed by atoms with Crippen LogP contribution in [0.4, 0.5) is 5.69 Å². The largest absolute Gasteiger partial charge is 0.482 e. The van der Waals surface area contributed by atoms with E-state index in [2.05, 4.69) is 19.2 Å². The third-order valence-corrected chi connectivity index (χ3v) is 9.08. The van der Waals surface area contributed by atoms with Crippen molar-refractivity contribution in [3.05, 3.63) is 18.2 Å². The van der Waals surface area contributed by atoms with Crippen LogP contribution in [0.5, 0.6) is 5.75 Å². The molecule has 0 radical (unpaired) electrons. The van der Waals surface area contributed by atoms with Crippen molar-refractivity contribution < 1.29 is 22.7 Å². The minimum atomic E-state index is -3.66. The van der Waals surface area contributed by atoms with Gasteiger partial charge in [-0.05, 0) is 49.3 Å². The van der Waals surface area contributed by atoms with E-state index in [0.717, 1.165) is 38.5 Å². The number of sulfonamides is 1. The van der Waals surface area contributed by atoms with Crippen LogP contribution in [0, 0.1) is 11.8 Å². The highest BCUT2D eigenvalue weighted by molar-refractivity contribution is 7.89. The molecule has 1 aromatic rings. The molecule has 1 aromatic carbocycles. The van der Waals surface area contributed by atoms with E-state index in [4.69, 9.17) is 4.74 Å². The first kappa shape index (κ1) is 23.0. The zero-order valence-electron chi connectivity index (χ0n) is 18.9. The Morgan fingerprint density at radius 3 is 2.62 bits per heavy atom. The minimum Gasteiger partial charge on any atom is -0.482 e. The average Bonchev–Trinajstić information content (AvgIpc) is 2.79. The van der Waals surface area contributed by atoms with Crippen LogP contribution in [0.1, 0.15) is 52.4 Å². The molecule has 1 aliphatic carbocycles. The molecule has 3 unspecified atom stereocenters. The number of fused-ring (bicyclic) bond motifs is 1. The second-order valence-electron chi connectivity index (χ2n) is 9.30. The zero-order chi connectivity index (χ0) is 22.9. The standard InChI is InChI=1S/C23H33N3O5S/c1-16-7-6-8-19(17(16)2)24-22(27)14-26-20-13-18(9-10-21(20)31-15-23(26)28)32(29,30)25-11-4-3-5-12-25/h9-10,13,16-17,19H,3-8,11-12,14-15H2,1-2H3,(H,24,27). The molecule has 8 nitrogen and oxygen atoms in total. The average molecular weight is 464 g/mol. The zero-order valence-corrected chi connectivity index (χ0v) is 19.7. The Kier molecular flexibility index (Phi) is 6.76. The van der Waals surface area contributed by atoms with Crippen LogP contribution in [-0.4, -0.2) is 56.8 Å². The molecule has 9 heteroatoms. The fourth-order valence-corrected chi connectivity index (χ4v) is 6.49. The maximum atomic E-state index is 13.1. The summed E-state index contributed by atoms with van der Waals surface area (Å²) >= 11 is 0. The highest BCUT2D eigenvalue weighted by Crippen LogP contribution is 2.35. The quantitative estimate of drug-likeness (QED) is 0.724. The van der Waals surface area contributed by atoms with E-state index >= 15 is 0 Å². The van der Waals surface area contributed by atoms with E-state index in [1.807, 2.05) is 0 Å². The number of amides is 2. The van der Waals surface area contributed by atoms with Gasteiger partial charge in [-0.25, -0.2) is 8.42 Å². The molecule has 4 rings (SSSR count). The summed E-state index contributed by atoms with van der Waals surface area (Å²) in [6, 6.07) is 4.65. The molecule has 0 spiro atoms. The summed E-state index contributed by atoms with van der Waals surface area (Å²) in [5, 5.41) is 3.09. The fourth-order valence-electron chi connectivity index (χ4n) is 4.95. The van der Waals surface area contributed by atoms with E-state index < -0.39 is 10.0 Å². The van der Waals surface area contributed by atoms with Crippen molar-refractivity contribution in [1.82, 2.24) is 9.62 Å². The number of nitrogens with one attached hydrogen (secondary N) is 1. The lowest BCUT2D eigenvalue weighted by molar-refractivity contribution is -0.126. The van der Waals surface area contributed by atoms with Gasteiger partial charge in [0.25, 0.3) is 5.91 Å². The number of piperidine rings is 1. The predicted octanol–water partition coefficient (Wildman–Crippen LogP) is 2.53. The van der Waals surface area contributed by atoms with Gasteiger partial charge in [0.05, 0.1) is 10.6 Å². The van der Waals surface area contributed by atoms with Gasteiger partial charge in [0.2, 0.25) is 15.9 Å². The van der Waals surface area contributed by atoms with Crippen LogP contribution >= 0.6 is 0 Å². The van der Waals surface area contributed by atoms with E-state index in [1.165, 1.54) is 21.3 Å². The Morgan fingerprint density at radius 1 is 1.12 bits per heavy atom. The minimum absolute atomic E-state index is 0.0904. The van der Waals surface area contributed by atoms with Crippen LogP contribution < -0.4 is 15.0 Å². The van der Waals surface area contributed by atoms with E-state index in [-0.39, 0.29) is 35.9 Å². The molecule has 3 aliphatic rings. The van der Waals surface area contributed by atoms with Crippen LogP contribution in [0.15, 0.2) is 23.1 Å². The molecule has 2 amide bonds. The summed E-state index contributed by atoms with van der Waals surface area (Å²) < 4.78 is 33.2. The summed E-state index contributed by atoms with van der Waals surface area (Å²) in [7, 11) is -3.66. The van der Waals surface area contributed by atoms with Gasteiger partial charge >= 0.3 is 0 Å². The Hall–Kier alpha value is -2.13.